The quantitative estimate of drug-likeness (QED) is 0.117. The minimum atomic E-state index is -0.911. The van der Waals surface area contributed by atoms with Gasteiger partial charge in [0.1, 0.15) is 24.1 Å². The fourth-order valence-corrected chi connectivity index (χ4v) is 5.04. The van der Waals surface area contributed by atoms with Crippen LogP contribution in [0.4, 0.5) is 0 Å². The molecule has 0 bridgehead atoms. The summed E-state index contributed by atoms with van der Waals surface area (Å²) in [6.07, 6.45) is 1.06. The number of amides is 2. The van der Waals surface area contributed by atoms with Gasteiger partial charge in [0.15, 0.2) is 6.10 Å². The van der Waals surface area contributed by atoms with Crippen LogP contribution < -0.4 is 20.2 Å². The van der Waals surface area contributed by atoms with Crippen molar-refractivity contribution in [2.24, 2.45) is 11.0 Å². The van der Waals surface area contributed by atoms with Crippen LogP contribution in [0, 0.1) is 5.92 Å². The number of carbonyl (C=O) groups is 2. The summed E-state index contributed by atoms with van der Waals surface area (Å²) < 4.78 is 12.9. The summed E-state index contributed by atoms with van der Waals surface area (Å²) in [6, 6.07) is 23.5. The number of halogens is 3. The Labute approximate surface area is 269 Å². The maximum atomic E-state index is 13.2. The van der Waals surface area contributed by atoms with Gasteiger partial charge in [-0.1, -0.05) is 95.4 Å². The molecule has 4 aromatic carbocycles. The number of hydrogen-bond acceptors (Lipinski definition) is 5. The fraction of sp³-hybridized carbons (Fsp3) is 0.242. The number of nitrogens with one attached hydrogen (secondary N) is 2. The average molecular weight is 685 g/mol. The number of benzene rings is 4. The Balaban J connectivity index is 1.47. The van der Waals surface area contributed by atoms with Crippen molar-refractivity contribution in [3.05, 3.63) is 105 Å². The molecule has 0 aliphatic rings. The lowest BCUT2D eigenvalue weighted by molar-refractivity contribution is -0.132. The summed E-state index contributed by atoms with van der Waals surface area (Å²) in [5.74, 6) is 0.148. The molecule has 224 valence electrons. The summed E-state index contributed by atoms with van der Waals surface area (Å²) in [7, 11) is 0. The third-order valence-corrected chi connectivity index (χ3v) is 7.57. The van der Waals surface area contributed by atoms with Gasteiger partial charge in [-0.2, -0.15) is 5.10 Å². The van der Waals surface area contributed by atoms with Crippen LogP contribution in [0.25, 0.3) is 10.8 Å². The maximum Gasteiger partial charge on any atom is 0.262 e. The van der Waals surface area contributed by atoms with E-state index in [1.54, 1.807) is 25.3 Å². The molecule has 4 aromatic rings. The summed E-state index contributed by atoms with van der Waals surface area (Å²) in [5, 5.41) is 9.71. The van der Waals surface area contributed by atoms with E-state index in [-0.39, 0.29) is 10.9 Å². The summed E-state index contributed by atoms with van der Waals surface area (Å²) in [5.41, 5.74) is 4.33. The van der Waals surface area contributed by atoms with Crippen LogP contribution in [0.5, 0.6) is 11.5 Å². The van der Waals surface area contributed by atoms with Gasteiger partial charge >= 0.3 is 0 Å². The highest BCUT2D eigenvalue weighted by atomic mass is 79.9. The molecule has 0 saturated heterocycles. The zero-order valence-electron chi connectivity index (χ0n) is 23.9. The second kappa shape index (κ2) is 15.2. The van der Waals surface area contributed by atoms with Crippen LogP contribution in [0.3, 0.4) is 0 Å². The molecule has 0 spiro atoms. The lowest BCUT2D eigenvalue weighted by Crippen LogP contribution is -2.49. The van der Waals surface area contributed by atoms with Crippen molar-refractivity contribution in [3.8, 4) is 11.5 Å². The Morgan fingerprint density at radius 2 is 1.65 bits per heavy atom. The van der Waals surface area contributed by atoms with Gasteiger partial charge < -0.3 is 14.8 Å². The molecule has 10 heteroatoms. The summed E-state index contributed by atoms with van der Waals surface area (Å²) in [4.78, 5) is 26.2. The second-order valence-electron chi connectivity index (χ2n) is 10.4. The minimum Gasteiger partial charge on any atom is -0.488 e. The van der Waals surface area contributed by atoms with E-state index in [1.165, 1.54) is 6.07 Å². The molecule has 0 aromatic heterocycles. The van der Waals surface area contributed by atoms with Crippen molar-refractivity contribution < 1.29 is 19.1 Å². The van der Waals surface area contributed by atoms with Crippen molar-refractivity contribution in [2.75, 3.05) is 0 Å². The van der Waals surface area contributed by atoms with Crippen LogP contribution in [-0.2, 0) is 16.2 Å². The van der Waals surface area contributed by atoms with Gasteiger partial charge in [-0.25, -0.2) is 5.43 Å². The number of fused-ring (bicyclic) bond motifs is 1. The molecule has 7 nitrogen and oxygen atoms in total. The molecule has 43 heavy (non-hydrogen) atoms. The highest BCUT2D eigenvalue weighted by Crippen LogP contribution is 2.29. The van der Waals surface area contributed by atoms with Crippen molar-refractivity contribution in [1.82, 2.24) is 10.7 Å². The number of ether oxygens (including phenoxy) is 2. The van der Waals surface area contributed by atoms with E-state index in [9.17, 15) is 9.59 Å². The first-order chi connectivity index (χ1) is 20.6. The van der Waals surface area contributed by atoms with Gasteiger partial charge in [0.25, 0.3) is 11.8 Å². The highest BCUT2D eigenvalue weighted by Gasteiger charge is 2.25. The first kappa shape index (κ1) is 32.3. The SMILES string of the molecule is CC(C)C[C@@H](NC(=O)[C@H](C)Oc1ccc(Cl)cc1Cl)C(=O)N/N=C\c1c(OCc2ccc(Br)cc2)ccc2ccccc12. The number of hydrogen-bond donors (Lipinski definition) is 2. The van der Waals surface area contributed by atoms with Crippen molar-refractivity contribution >= 4 is 67.9 Å². The largest absolute Gasteiger partial charge is 0.488 e. The molecule has 0 aliphatic heterocycles. The number of hydrazone groups is 1. The van der Waals surface area contributed by atoms with Gasteiger partial charge in [-0.15, -0.1) is 0 Å². The Bertz CT molecular complexity index is 1610. The third kappa shape index (κ3) is 9.20. The van der Waals surface area contributed by atoms with E-state index < -0.39 is 24.0 Å². The lowest BCUT2D eigenvalue weighted by atomic mass is 10.0. The standard InChI is InChI=1S/C33H32BrCl2N3O4/c1-20(2)16-29(38-32(40)21(3)43-31-15-13-25(35)17-28(31)36)33(41)39-37-18-27-26-7-5-4-6-23(26)10-14-30(27)42-19-22-8-11-24(34)12-9-22/h4-15,17-18,20-21,29H,16,19H2,1-3H3,(H,38,40)(H,39,41)/b37-18-/t21-,29+/m0/s1. The smallest absolute Gasteiger partial charge is 0.262 e. The second-order valence-corrected chi connectivity index (χ2v) is 12.1. The molecular weight excluding hydrogens is 653 g/mol. The zero-order valence-corrected chi connectivity index (χ0v) is 27.0. The molecular formula is C33H32BrCl2N3O4. The van der Waals surface area contributed by atoms with E-state index >= 15 is 0 Å². The normalized spacial score (nSPS) is 12.7. The summed E-state index contributed by atoms with van der Waals surface area (Å²) in [6.45, 7) is 5.88. The van der Waals surface area contributed by atoms with E-state index in [4.69, 9.17) is 32.7 Å². The first-order valence-electron chi connectivity index (χ1n) is 13.7. The molecule has 4 rings (SSSR count). The monoisotopic (exact) mass is 683 g/mol. The van der Waals surface area contributed by atoms with E-state index in [1.807, 2.05) is 74.5 Å². The number of carbonyl (C=O) groups excluding carboxylic acids is 2. The molecule has 0 saturated carbocycles. The Morgan fingerprint density at radius 1 is 0.930 bits per heavy atom. The lowest BCUT2D eigenvalue weighted by Gasteiger charge is -2.22. The molecule has 2 amide bonds. The van der Waals surface area contributed by atoms with Gasteiger partial charge in [-0.3, -0.25) is 9.59 Å². The maximum absolute atomic E-state index is 13.2. The van der Waals surface area contributed by atoms with Crippen LogP contribution in [0.2, 0.25) is 10.0 Å². The van der Waals surface area contributed by atoms with Crippen molar-refractivity contribution in [3.63, 3.8) is 0 Å². The van der Waals surface area contributed by atoms with E-state index in [0.29, 0.717) is 29.5 Å². The summed E-state index contributed by atoms with van der Waals surface area (Å²) >= 11 is 15.6. The van der Waals surface area contributed by atoms with Crippen LogP contribution >= 0.6 is 39.1 Å². The molecule has 0 fully saturated rings. The predicted molar refractivity (Wildman–Crippen MR) is 176 cm³/mol. The van der Waals surface area contributed by atoms with Crippen molar-refractivity contribution in [1.29, 1.82) is 0 Å². The van der Waals surface area contributed by atoms with Gasteiger partial charge in [0.2, 0.25) is 0 Å². The molecule has 2 N–H and O–H groups in total. The molecule has 0 aliphatic carbocycles. The number of rotatable bonds is 12. The molecule has 0 unspecified atom stereocenters. The van der Waals surface area contributed by atoms with Gasteiger partial charge in [-0.05, 0) is 72.0 Å². The zero-order chi connectivity index (χ0) is 30.9. The van der Waals surface area contributed by atoms with E-state index in [0.717, 1.165) is 26.4 Å². The number of nitrogens with zero attached hydrogens (tertiary/aromatic N) is 1. The molecule has 0 radical (unpaired) electrons. The highest BCUT2D eigenvalue weighted by molar-refractivity contribution is 9.10. The first-order valence-corrected chi connectivity index (χ1v) is 15.3. The Morgan fingerprint density at radius 3 is 2.37 bits per heavy atom. The minimum absolute atomic E-state index is 0.124. The van der Waals surface area contributed by atoms with Crippen LogP contribution in [0.15, 0.2) is 88.4 Å². The van der Waals surface area contributed by atoms with Crippen LogP contribution in [-0.4, -0.2) is 30.2 Å². The average Bonchev–Trinajstić information content (AvgIpc) is 2.98. The molecule has 0 heterocycles. The van der Waals surface area contributed by atoms with Gasteiger partial charge in [0.05, 0.1) is 11.2 Å². The Kier molecular flexibility index (Phi) is 11.4. The molecule has 2 atom stereocenters. The Hall–Kier alpha value is -3.59. The van der Waals surface area contributed by atoms with Crippen LogP contribution in [0.1, 0.15) is 38.3 Å². The topological polar surface area (TPSA) is 89.0 Å². The fourth-order valence-electron chi connectivity index (χ4n) is 4.32. The van der Waals surface area contributed by atoms with Crippen molar-refractivity contribution in [2.45, 2.75) is 45.9 Å². The third-order valence-electron chi connectivity index (χ3n) is 6.51. The van der Waals surface area contributed by atoms with Gasteiger partial charge in [0, 0.05) is 15.1 Å². The predicted octanol–water partition coefficient (Wildman–Crippen LogP) is 7.94. The van der Waals surface area contributed by atoms with E-state index in [2.05, 4.69) is 31.8 Å².